The summed E-state index contributed by atoms with van der Waals surface area (Å²) in [6, 6.07) is 10.2. The summed E-state index contributed by atoms with van der Waals surface area (Å²) in [4.78, 5) is 21.5. The van der Waals surface area contributed by atoms with Gasteiger partial charge < -0.3 is 4.98 Å². The normalized spacial score (nSPS) is 11.4. The minimum atomic E-state index is -0.0470. The molecule has 0 saturated heterocycles. The third kappa shape index (κ3) is 3.04. The maximum atomic E-state index is 12.0. The van der Waals surface area contributed by atoms with Crippen molar-refractivity contribution < 1.29 is 0 Å². The predicted molar refractivity (Wildman–Crippen MR) is 86.6 cm³/mol. The van der Waals surface area contributed by atoms with Crippen LogP contribution in [0.1, 0.15) is 17.0 Å². The molecule has 0 atom stereocenters. The van der Waals surface area contributed by atoms with E-state index in [-0.39, 0.29) is 5.56 Å². The van der Waals surface area contributed by atoms with Crippen LogP contribution in [0.15, 0.2) is 40.5 Å². The molecule has 1 aromatic carbocycles. The number of H-pyrrole nitrogens is 1. The second-order valence-corrected chi connectivity index (χ2v) is 6.16. The minimum Gasteiger partial charge on any atom is -0.308 e. The van der Waals surface area contributed by atoms with E-state index in [2.05, 4.69) is 33.9 Å². The number of nitrogens with zero attached hydrogens (tertiary/aromatic N) is 2. The zero-order valence-corrected chi connectivity index (χ0v) is 12.9. The van der Waals surface area contributed by atoms with Crippen LogP contribution in [0.3, 0.4) is 0 Å². The Labute approximate surface area is 127 Å². The first-order valence-corrected chi connectivity index (χ1v) is 7.71. The minimum absolute atomic E-state index is 0.0470. The number of nitrogens with one attached hydrogen (secondary N) is 1. The van der Waals surface area contributed by atoms with Crippen molar-refractivity contribution in [3.05, 3.63) is 63.0 Å². The van der Waals surface area contributed by atoms with Crippen molar-refractivity contribution in [1.29, 1.82) is 0 Å². The smallest absolute Gasteiger partial charge is 0.268 e. The molecule has 1 N–H and O–H groups in total. The van der Waals surface area contributed by atoms with Gasteiger partial charge in [0.05, 0.1) is 12.1 Å². The lowest BCUT2D eigenvalue weighted by Crippen LogP contribution is -2.21. The molecule has 0 fully saturated rings. The second-order valence-electron chi connectivity index (χ2n) is 5.25. The first-order chi connectivity index (χ1) is 10.1. The largest absolute Gasteiger partial charge is 0.308 e. The molecule has 3 aromatic rings. The Bertz CT molecular complexity index is 822. The van der Waals surface area contributed by atoms with Gasteiger partial charge in [-0.2, -0.15) is 0 Å². The van der Waals surface area contributed by atoms with Crippen LogP contribution in [0, 0.1) is 6.92 Å². The van der Waals surface area contributed by atoms with E-state index in [0.29, 0.717) is 17.1 Å². The number of thiophene rings is 1. The van der Waals surface area contributed by atoms with Crippen LogP contribution in [0.5, 0.6) is 0 Å². The van der Waals surface area contributed by atoms with Gasteiger partial charge >= 0.3 is 0 Å². The molecule has 2 aromatic heterocycles. The summed E-state index contributed by atoms with van der Waals surface area (Å²) in [6.07, 6.45) is 0. The average molecular weight is 299 g/mol. The van der Waals surface area contributed by atoms with Crippen LogP contribution in [0.2, 0.25) is 0 Å². The third-order valence-corrected chi connectivity index (χ3v) is 4.39. The van der Waals surface area contributed by atoms with Gasteiger partial charge in [-0.3, -0.25) is 9.69 Å². The fraction of sp³-hybridized carbons (Fsp3) is 0.250. The lowest BCUT2D eigenvalue weighted by molar-refractivity contribution is 0.310. The molecule has 0 spiro atoms. The molecule has 0 bridgehead atoms. The van der Waals surface area contributed by atoms with Gasteiger partial charge in [0.2, 0.25) is 0 Å². The number of fused-ring (bicyclic) bond motifs is 1. The number of aromatic nitrogens is 2. The predicted octanol–water partition coefficient (Wildman–Crippen LogP) is 2.93. The number of hydrogen-bond donors (Lipinski definition) is 1. The molecule has 0 amide bonds. The Hall–Kier alpha value is -1.98. The Balaban J connectivity index is 1.78. The zero-order valence-electron chi connectivity index (χ0n) is 12.1. The number of aromatic amines is 1. The van der Waals surface area contributed by atoms with Gasteiger partial charge in [0.15, 0.2) is 0 Å². The summed E-state index contributed by atoms with van der Waals surface area (Å²) in [5.74, 6) is 0.710. The van der Waals surface area contributed by atoms with Gasteiger partial charge in [-0.15, -0.1) is 11.3 Å². The third-order valence-electron chi connectivity index (χ3n) is 3.49. The highest BCUT2D eigenvalue weighted by molar-refractivity contribution is 7.17. The molecule has 108 valence electrons. The molecular formula is C16H17N3OS. The Kier molecular flexibility index (Phi) is 3.86. The molecule has 0 unspecified atom stereocenters. The molecule has 21 heavy (non-hydrogen) atoms. The lowest BCUT2D eigenvalue weighted by Gasteiger charge is -2.17. The fourth-order valence-corrected chi connectivity index (χ4v) is 3.11. The van der Waals surface area contributed by atoms with E-state index >= 15 is 0 Å². The van der Waals surface area contributed by atoms with E-state index in [4.69, 9.17) is 0 Å². The summed E-state index contributed by atoms with van der Waals surface area (Å²) < 4.78 is 0.695. The molecule has 0 saturated carbocycles. The molecular weight excluding hydrogens is 282 g/mol. The molecule has 4 nitrogen and oxygen atoms in total. The summed E-state index contributed by atoms with van der Waals surface area (Å²) in [5.41, 5.74) is 3.30. The van der Waals surface area contributed by atoms with Crippen molar-refractivity contribution in [3.63, 3.8) is 0 Å². The quantitative estimate of drug-likeness (QED) is 0.806. The lowest BCUT2D eigenvalue weighted by atomic mass is 10.1. The Morgan fingerprint density at radius 2 is 2.05 bits per heavy atom. The molecule has 0 radical (unpaired) electrons. The molecule has 0 aliphatic carbocycles. The zero-order chi connectivity index (χ0) is 14.8. The monoisotopic (exact) mass is 299 g/mol. The standard InChI is InChI=1S/C16H17N3OS/c1-11-5-3-4-6-12(11)9-19(2)10-14-17-13-7-8-21-15(13)16(20)18-14/h3-8H,9-10H2,1-2H3,(H,17,18,20). The first-order valence-electron chi connectivity index (χ1n) is 6.83. The van der Waals surface area contributed by atoms with Crippen molar-refractivity contribution in [2.75, 3.05) is 7.05 Å². The molecule has 0 aliphatic rings. The number of aryl methyl sites for hydroxylation is 1. The van der Waals surface area contributed by atoms with Crippen molar-refractivity contribution >= 4 is 21.6 Å². The summed E-state index contributed by atoms with van der Waals surface area (Å²) in [6.45, 7) is 3.56. The van der Waals surface area contributed by atoms with Gasteiger partial charge in [-0.05, 0) is 36.5 Å². The Morgan fingerprint density at radius 1 is 1.24 bits per heavy atom. The first kappa shape index (κ1) is 14.0. The highest BCUT2D eigenvalue weighted by atomic mass is 32.1. The van der Waals surface area contributed by atoms with Gasteiger partial charge in [-0.1, -0.05) is 24.3 Å². The highest BCUT2D eigenvalue weighted by Gasteiger charge is 2.08. The second kappa shape index (κ2) is 5.79. The van der Waals surface area contributed by atoms with Gasteiger partial charge in [0.25, 0.3) is 5.56 Å². The number of benzene rings is 1. The average Bonchev–Trinajstić information content (AvgIpc) is 2.90. The molecule has 2 heterocycles. The van der Waals surface area contributed by atoms with Crippen LogP contribution in [0.25, 0.3) is 10.2 Å². The van der Waals surface area contributed by atoms with E-state index in [1.54, 1.807) is 0 Å². The van der Waals surface area contributed by atoms with Crippen molar-refractivity contribution in [2.45, 2.75) is 20.0 Å². The highest BCUT2D eigenvalue weighted by Crippen LogP contribution is 2.15. The van der Waals surface area contributed by atoms with E-state index in [1.807, 2.05) is 30.6 Å². The number of rotatable bonds is 4. The summed E-state index contributed by atoms with van der Waals surface area (Å²) in [5, 5.41) is 1.90. The van der Waals surface area contributed by atoms with E-state index < -0.39 is 0 Å². The fourth-order valence-electron chi connectivity index (χ4n) is 2.39. The van der Waals surface area contributed by atoms with Crippen molar-refractivity contribution in [2.24, 2.45) is 0 Å². The van der Waals surface area contributed by atoms with Crippen LogP contribution in [-0.2, 0) is 13.1 Å². The topological polar surface area (TPSA) is 49.0 Å². The van der Waals surface area contributed by atoms with Crippen LogP contribution in [0.4, 0.5) is 0 Å². The summed E-state index contributed by atoms with van der Waals surface area (Å²) >= 11 is 1.43. The maximum Gasteiger partial charge on any atom is 0.268 e. The maximum absolute atomic E-state index is 12.0. The summed E-state index contributed by atoms with van der Waals surface area (Å²) in [7, 11) is 2.03. The van der Waals surface area contributed by atoms with Crippen molar-refractivity contribution in [1.82, 2.24) is 14.9 Å². The number of hydrogen-bond acceptors (Lipinski definition) is 4. The van der Waals surface area contributed by atoms with E-state index in [9.17, 15) is 4.79 Å². The van der Waals surface area contributed by atoms with Crippen LogP contribution < -0.4 is 5.56 Å². The molecule has 3 rings (SSSR count). The SMILES string of the molecule is Cc1ccccc1CN(C)Cc1nc2ccsc2c(=O)[nH]1. The van der Waals surface area contributed by atoms with Gasteiger partial charge in [-0.25, -0.2) is 4.98 Å². The molecule has 0 aliphatic heterocycles. The molecule has 5 heteroatoms. The Morgan fingerprint density at radius 3 is 2.86 bits per heavy atom. The van der Waals surface area contributed by atoms with E-state index in [0.717, 1.165) is 12.1 Å². The van der Waals surface area contributed by atoms with Gasteiger partial charge in [0, 0.05) is 6.54 Å². The van der Waals surface area contributed by atoms with Crippen LogP contribution >= 0.6 is 11.3 Å². The van der Waals surface area contributed by atoms with Crippen molar-refractivity contribution in [3.8, 4) is 0 Å². The van der Waals surface area contributed by atoms with Crippen LogP contribution in [-0.4, -0.2) is 21.9 Å². The van der Waals surface area contributed by atoms with E-state index in [1.165, 1.54) is 22.5 Å². The van der Waals surface area contributed by atoms with Gasteiger partial charge in [0.1, 0.15) is 10.5 Å².